The first kappa shape index (κ1) is 21.5. The number of anilines is 1. The van der Waals surface area contributed by atoms with Crippen LogP contribution in [0.25, 0.3) is 0 Å². The number of sulfone groups is 1. The second-order valence-electron chi connectivity index (χ2n) is 8.04. The van der Waals surface area contributed by atoms with Gasteiger partial charge in [0.1, 0.15) is 12.4 Å². The van der Waals surface area contributed by atoms with Crippen molar-refractivity contribution in [1.82, 2.24) is 0 Å². The molecule has 1 aliphatic carbocycles. The maximum Gasteiger partial charge on any atom is 0.268 e. The van der Waals surface area contributed by atoms with Crippen LogP contribution in [-0.4, -0.2) is 52.7 Å². The standard InChI is InChI=1S/C23H27NO6S/c1-28-22-15-18(7-10-20(22)29-13-14-31(2,26)27)24-12-11-21(23(24)25)30-19-8-5-17(6-9-19)16-3-4-16/h5-10,15-16,21H,3-4,11-14H2,1-2H3/t21-/m1/s1. The zero-order valence-electron chi connectivity index (χ0n) is 17.7. The minimum Gasteiger partial charge on any atom is -0.493 e. The second-order valence-corrected chi connectivity index (χ2v) is 10.3. The van der Waals surface area contributed by atoms with E-state index in [-0.39, 0.29) is 18.3 Å². The van der Waals surface area contributed by atoms with Gasteiger partial charge in [-0.3, -0.25) is 4.79 Å². The lowest BCUT2D eigenvalue weighted by Crippen LogP contribution is -2.32. The van der Waals surface area contributed by atoms with Gasteiger partial charge >= 0.3 is 0 Å². The summed E-state index contributed by atoms with van der Waals surface area (Å²) >= 11 is 0. The van der Waals surface area contributed by atoms with Crippen molar-refractivity contribution in [2.75, 3.05) is 37.2 Å². The molecule has 1 saturated heterocycles. The number of rotatable bonds is 9. The number of carbonyl (C=O) groups is 1. The molecule has 1 atom stereocenters. The smallest absolute Gasteiger partial charge is 0.268 e. The molecule has 1 heterocycles. The summed E-state index contributed by atoms with van der Waals surface area (Å²) in [7, 11) is -1.61. The Kier molecular flexibility index (Phi) is 6.09. The molecule has 7 nitrogen and oxygen atoms in total. The summed E-state index contributed by atoms with van der Waals surface area (Å²) in [6, 6.07) is 13.2. The zero-order valence-corrected chi connectivity index (χ0v) is 18.6. The first-order valence-electron chi connectivity index (χ1n) is 10.4. The molecule has 0 bridgehead atoms. The lowest BCUT2D eigenvalue weighted by Gasteiger charge is -2.19. The van der Waals surface area contributed by atoms with Gasteiger partial charge in [0.25, 0.3) is 5.91 Å². The van der Waals surface area contributed by atoms with Crippen molar-refractivity contribution >= 4 is 21.4 Å². The van der Waals surface area contributed by atoms with E-state index in [1.54, 1.807) is 23.1 Å². The Hall–Kier alpha value is -2.74. The monoisotopic (exact) mass is 445 g/mol. The third-order valence-corrected chi connectivity index (χ3v) is 6.44. The summed E-state index contributed by atoms with van der Waals surface area (Å²) in [5.74, 6) is 2.09. The van der Waals surface area contributed by atoms with Gasteiger partial charge in [-0.1, -0.05) is 12.1 Å². The third-order valence-electron chi connectivity index (χ3n) is 5.53. The molecule has 0 N–H and O–H groups in total. The fourth-order valence-electron chi connectivity index (χ4n) is 3.67. The molecule has 2 aromatic carbocycles. The van der Waals surface area contributed by atoms with Gasteiger partial charge in [-0.25, -0.2) is 8.42 Å². The number of methoxy groups -OCH3 is 1. The van der Waals surface area contributed by atoms with E-state index in [0.717, 1.165) is 6.26 Å². The van der Waals surface area contributed by atoms with Gasteiger partial charge in [0.2, 0.25) is 0 Å². The van der Waals surface area contributed by atoms with Crippen molar-refractivity contribution in [1.29, 1.82) is 0 Å². The quantitative estimate of drug-likeness (QED) is 0.590. The molecule has 2 aromatic rings. The molecular weight excluding hydrogens is 418 g/mol. The number of hydrogen-bond acceptors (Lipinski definition) is 6. The molecule has 0 radical (unpaired) electrons. The van der Waals surface area contributed by atoms with E-state index in [4.69, 9.17) is 14.2 Å². The first-order valence-corrected chi connectivity index (χ1v) is 12.5. The Labute approximate surface area is 182 Å². The van der Waals surface area contributed by atoms with Crippen LogP contribution >= 0.6 is 0 Å². The van der Waals surface area contributed by atoms with Crippen LogP contribution in [0.5, 0.6) is 17.2 Å². The normalized spacial score (nSPS) is 18.8. The Balaban J connectivity index is 1.40. The number of hydrogen-bond donors (Lipinski definition) is 0. The summed E-state index contributed by atoms with van der Waals surface area (Å²) in [6.45, 7) is 0.577. The van der Waals surface area contributed by atoms with Crippen LogP contribution in [0.2, 0.25) is 0 Å². The van der Waals surface area contributed by atoms with Crippen LogP contribution in [0.15, 0.2) is 42.5 Å². The van der Waals surface area contributed by atoms with E-state index in [1.807, 2.05) is 12.1 Å². The predicted octanol–water partition coefficient (Wildman–Crippen LogP) is 3.18. The van der Waals surface area contributed by atoms with Crippen LogP contribution in [-0.2, 0) is 14.6 Å². The number of ether oxygens (including phenoxy) is 3. The van der Waals surface area contributed by atoms with E-state index >= 15 is 0 Å². The van der Waals surface area contributed by atoms with Crippen molar-refractivity contribution in [3.8, 4) is 17.2 Å². The SMILES string of the molecule is COc1cc(N2CC[C@@H](Oc3ccc(C4CC4)cc3)C2=O)ccc1OCCS(C)(=O)=O. The van der Waals surface area contributed by atoms with Crippen LogP contribution in [0, 0.1) is 0 Å². The molecule has 4 rings (SSSR count). The molecule has 8 heteroatoms. The summed E-state index contributed by atoms with van der Waals surface area (Å²) < 4.78 is 39.4. The van der Waals surface area contributed by atoms with Gasteiger partial charge in [-0.2, -0.15) is 0 Å². The van der Waals surface area contributed by atoms with Gasteiger partial charge in [0, 0.05) is 31.0 Å². The molecule has 2 aliphatic rings. The fraction of sp³-hybridized carbons (Fsp3) is 0.435. The fourth-order valence-corrected chi connectivity index (χ4v) is 4.05. The molecule has 1 amide bonds. The van der Waals surface area contributed by atoms with Gasteiger partial charge in [0.15, 0.2) is 27.4 Å². The van der Waals surface area contributed by atoms with Crippen molar-refractivity contribution in [3.05, 3.63) is 48.0 Å². The Morgan fingerprint density at radius 1 is 1.03 bits per heavy atom. The van der Waals surface area contributed by atoms with Gasteiger partial charge in [-0.05, 0) is 48.6 Å². The molecule has 166 valence electrons. The summed E-state index contributed by atoms with van der Waals surface area (Å²) in [4.78, 5) is 14.6. The highest BCUT2D eigenvalue weighted by Crippen LogP contribution is 2.40. The average molecular weight is 446 g/mol. The largest absolute Gasteiger partial charge is 0.493 e. The van der Waals surface area contributed by atoms with Gasteiger partial charge in [0.05, 0.1) is 12.9 Å². The Bertz CT molecular complexity index is 1050. The summed E-state index contributed by atoms with van der Waals surface area (Å²) in [5, 5.41) is 0. The molecule has 1 saturated carbocycles. The highest BCUT2D eigenvalue weighted by Gasteiger charge is 2.35. The Morgan fingerprint density at radius 2 is 1.77 bits per heavy atom. The molecule has 0 aromatic heterocycles. The lowest BCUT2D eigenvalue weighted by atomic mass is 10.1. The molecular formula is C23H27NO6S. The highest BCUT2D eigenvalue weighted by molar-refractivity contribution is 7.90. The van der Waals surface area contributed by atoms with E-state index in [1.165, 1.54) is 25.5 Å². The minimum absolute atomic E-state index is 0.0344. The van der Waals surface area contributed by atoms with Crippen LogP contribution in [0.4, 0.5) is 5.69 Å². The molecule has 1 aliphatic heterocycles. The van der Waals surface area contributed by atoms with Crippen molar-refractivity contribution < 1.29 is 27.4 Å². The Morgan fingerprint density at radius 3 is 2.42 bits per heavy atom. The van der Waals surface area contributed by atoms with E-state index in [0.29, 0.717) is 41.8 Å². The zero-order chi connectivity index (χ0) is 22.0. The highest BCUT2D eigenvalue weighted by atomic mass is 32.2. The predicted molar refractivity (Wildman–Crippen MR) is 118 cm³/mol. The van der Waals surface area contributed by atoms with Crippen LogP contribution in [0.3, 0.4) is 0 Å². The second kappa shape index (κ2) is 8.78. The van der Waals surface area contributed by atoms with Crippen molar-refractivity contribution in [2.24, 2.45) is 0 Å². The van der Waals surface area contributed by atoms with Gasteiger partial charge in [-0.15, -0.1) is 0 Å². The first-order chi connectivity index (χ1) is 14.8. The topological polar surface area (TPSA) is 82.1 Å². The number of carbonyl (C=O) groups excluding carboxylic acids is 1. The van der Waals surface area contributed by atoms with E-state index in [2.05, 4.69) is 12.1 Å². The number of benzene rings is 2. The number of nitrogens with zero attached hydrogens (tertiary/aromatic N) is 1. The van der Waals surface area contributed by atoms with E-state index in [9.17, 15) is 13.2 Å². The molecule has 31 heavy (non-hydrogen) atoms. The van der Waals surface area contributed by atoms with Gasteiger partial charge < -0.3 is 19.1 Å². The van der Waals surface area contributed by atoms with Crippen LogP contribution in [0.1, 0.15) is 30.7 Å². The van der Waals surface area contributed by atoms with Crippen molar-refractivity contribution in [2.45, 2.75) is 31.3 Å². The number of amides is 1. The summed E-state index contributed by atoms with van der Waals surface area (Å²) in [5.41, 5.74) is 2.02. The average Bonchev–Trinajstić information content (AvgIpc) is 3.53. The lowest BCUT2D eigenvalue weighted by molar-refractivity contribution is -0.122. The summed E-state index contributed by atoms with van der Waals surface area (Å²) in [6.07, 6.45) is 3.74. The molecule has 0 unspecified atom stereocenters. The molecule has 0 spiro atoms. The maximum absolute atomic E-state index is 12.9. The molecule has 2 fully saturated rings. The van der Waals surface area contributed by atoms with Crippen molar-refractivity contribution in [3.63, 3.8) is 0 Å². The maximum atomic E-state index is 12.9. The minimum atomic E-state index is -3.11. The van der Waals surface area contributed by atoms with E-state index < -0.39 is 15.9 Å². The van der Waals surface area contributed by atoms with Crippen LogP contribution < -0.4 is 19.1 Å². The third kappa shape index (κ3) is 5.31.